The Morgan fingerprint density at radius 3 is 2.71 bits per heavy atom. The van der Waals surface area contributed by atoms with Gasteiger partial charge in [-0.3, -0.25) is 13.9 Å². The smallest absolute Gasteiger partial charge is 0.323 e. The van der Waals surface area contributed by atoms with Crippen LogP contribution in [0.25, 0.3) is 11.2 Å². The third kappa shape index (κ3) is 6.89. The van der Waals surface area contributed by atoms with Crippen LogP contribution < -0.4 is 15.6 Å². The molecule has 0 spiro atoms. The number of carbonyl (C=O) groups excluding carboxylic acids is 1. The third-order valence-corrected chi connectivity index (χ3v) is 6.45. The normalized spacial score (nSPS) is 13.9. The Balaban J connectivity index is 1.80. The number of aromatic hydroxyl groups is 1. The van der Waals surface area contributed by atoms with Crippen molar-refractivity contribution in [1.82, 2.24) is 24.6 Å². The van der Waals surface area contributed by atoms with E-state index in [0.29, 0.717) is 17.7 Å². The lowest BCUT2D eigenvalue weighted by Crippen LogP contribution is -2.33. The second-order valence-electron chi connectivity index (χ2n) is 7.69. The van der Waals surface area contributed by atoms with Crippen LogP contribution in [0.2, 0.25) is 0 Å². The van der Waals surface area contributed by atoms with Crippen molar-refractivity contribution in [3.63, 3.8) is 0 Å². The first-order valence-corrected chi connectivity index (χ1v) is 12.7. The molecular formula is C21H29N6O7P. The number of carbonyl (C=O) groups is 1. The molecular weight excluding hydrogens is 479 g/mol. The second-order valence-corrected chi connectivity index (χ2v) is 9.66. The fourth-order valence-electron chi connectivity index (χ4n) is 3.34. The van der Waals surface area contributed by atoms with Gasteiger partial charge in [-0.15, -0.1) is 0 Å². The highest BCUT2D eigenvalue weighted by molar-refractivity contribution is 7.55. The zero-order valence-electron chi connectivity index (χ0n) is 19.7. The first-order valence-electron chi connectivity index (χ1n) is 10.8. The van der Waals surface area contributed by atoms with Crippen molar-refractivity contribution in [2.45, 2.75) is 32.6 Å². The van der Waals surface area contributed by atoms with E-state index < -0.39 is 19.5 Å². The summed E-state index contributed by atoms with van der Waals surface area (Å²) in [6.45, 7) is 3.99. The quantitative estimate of drug-likeness (QED) is 0.157. The van der Waals surface area contributed by atoms with Crippen molar-refractivity contribution in [3.8, 4) is 12.0 Å². The molecule has 0 aliphatic carbocycles. The highest BCUT2D eigenvalue weighted by atomic mass is 31.2. The van der Waals surface area contributed by atoms with Gasteiger partial charge in [0.25, 0.3) is 13.5 Å². The first-order chi connectivity index (χ1) is 16.6. The van der Waals surface area contributed by atoms with Gasteiger partial charge < -0.3 is 29.9 Å². The second kappa shape index (κ2) is 11.5. The zero-order valence-corrected chi connectivity index (χ0v) is 20.6. The van der Waals surface area contributed by atoms with Crippen LogP contribution in [0, 0.1) is 0 Å². The maximum absolute atomic E-state index is 12.7. The summed E-state index contributed by atoms with van der Waals surface area (Å²) in [5.74, 6) is -0.557. The van der Waals surface area contributed by atoms with Gasteiger partial charge in [-0.2, -0.15) is 15.0 Å². The van der Waals surface area contributed by atoms with E-state index in [1.807, 2.05) is 0 Å². The van der Waals surface area contributed by atoms with E-state index in [2.05, 4.69) is 20.0 Å². The maximum Gasteiger partial charge on any atom is 0.323 e. The minimum absolute atomic E-state index is 0.0185. The molecule has 0 amide bonds. The lowest BCUT2D eigenvalue weighted by atomic mass is 10.1. The summed E-state index contributed by atoms with van der Waals surface area (Å²) in [5, 5.41) is 12.9. The molecule has 0 bridgehead atoms. The molecule has 2 heterocycles. The summed E-state index contributed by atoms with van der Waals surface area (Å²) < 4.78 is 29.3. The SMILES string of the molecule is CCOC(=O)C(C)NP(=O)(O)Cc1cccc(Cn2c(O)nc3c(N)nc(OCCOC)nc32)c1. The number of aromatic nitrogens is 4. The van der Waals surface area contributed by atoms with Crippen molar-refractivity contribution < 1.29 is 33.6 Å². The predicted molar refractivity (Wildman–Crippen MR) is 127 cm³/mol. The van der Waals surface area contributed by atoms with E-state index in [1.165, 1.54) is 18.6 Å². The average molecular weight is 508 g/mol. The Labute approximate surface area is 201 Å². The molecule has 0 saturated carbocycles. The van der Waals surface area contributed by atoms with Gasteiger partial charge in [-0.1, -0.05) is 24.3 Å². The van der Waals surface area contributed by atoms with Gasteiger partial charge >= 0.3 is 12.0 Å². The predicted octanol–water partition coefficient (Wildman–Crippen LogP) is 1.41. The standard InChI is InChI=1S/C21H29N6O7P/c1-4-33-19(28)13(2)26-35(30,31)12-15-7-5-6-14(10-15)11-27-18-16(23-21(27)29)17(22)24-20(25-18)34-9-8-32-3/h5-7,10,13H,4,8-9,11-12H2,1-3H3,(H,23,29)(H2,22,24,25)(H2,26,30,31). The maximum atomic E-state index is 12.7. The zero-order chi connectivity index (χ0) is 25.6. The van der Waals surface area contributed by atoms with Gasteiger partial charge in [0, 0.05) is 7.11 Å². The van der Waals surface area contributed by atoms with Crippen molar-refractivity contribution in [1.29, 1.82) is 0 Å². The van der Waals surface area contributed by atoms with Gasteiger partial charge in [-0.25, -0.2) is 5.09 Å². The Morgan fingerprint density at radius 2 is 2.00 bits per heavy atom. The van der Waals surface area contributed by atoms with Crippen molar-refractivity contribution in [2.75, 3.05) is 32.7 Å². The van der Waals surface area contributed by atoms with Crippen molar-refractivity contribution >= 4 is 30.5 Å². The summed E-state index contributed by atoms with van der Waals surface area (Å²) >= 11 is 0. The number of nitrogens with one attached hydrogen (secondary N) is 1. The molecule has 35 heavy (non-hydrogen) atoms. The summed E-state index contributed by atoms with van der Waals surface area (Å²) in [6, 6.07) is 5.67. The number of nitrogen functional groups attached to an aromatic ring is 1. The summed E-state index contributed by atoms with van der Waals surface area (Å²) in [5.41, 5.74) is 7.71. The van der Waals surface area contributed by atoms with Crippen LogP contribution in [-0.2, 0) is 31.5 Å². The van der Waals surface area contributed by atoms with Crippen LogP contribution in [0.4, 0.5) is 5.82 Å². The van der Waals surface area contributed by atoms with Crippen LogP contribution in [0.5, 0.6) is 12.0 Å². The summed E-state index contributed by atoms with van der Waals surface area (Å²) in [6.07, 6.45) is -0.214. The van der Waals surface area contributed by atoms with Crippen LogP contribution in [0.15, 0.2) is 24.3 Å². The first kappa shape index (κ1) is 26.4. The summed E-state index contributed by atoms with van der Waals surface area (Å²) in [7, 11) is -2.36. The topological polar surface area (TPSA) is 184 Å². The number of hydrogen-bond donors (Lipinski definition) is 4. The number of nitrogens with two attached hydrogens (primary N) is 1. The van der Waals surface area contributed by atoms with Gasteiger partial charge in [0.1, 0.15) is 12.6 Å². The highest BCUT2D eigenvalue weighted by Crippen LogP contribution is 2.40. The molecule has 0 aliphatic rings. The number of ether oxygens (including phenoxy) is 3. The number of nitrogens with zero attached hydrogens (tertiary/aromatic N) is 4. The molecule has 3 rings (SSSR count). The van der Waals surface area contributed by atoms with E-state index in [0.717, 1.165) is 0 Å². The number of fused-ring (bicyclic) bond motifs is 1. The van der Waals surface area contributed by atoms with Crippen LogP contribution in [0.1, 0.15) is 25.0 Å². The molecule has 2 atom stereocenters. The van der Waals surface area contributed by atoms with Crippen molar-refractivity contribution in [3.05, 3.63) is 35.4 Å². The number of hydrogen-bond acceptors (Lipinski definition) is 10. The fraction of sp³-hybridized carbons (Fsp3) is 0.429. The number of methoxy groups -OCH3 is 1. The molecule has 2 unspecified atom stereocenters. The average Bonchev–Trinajstić information content (AvgIpc) is 3.09. The third-order valence-electron chi connectivity index (χ3n) is 4.86. The minimum Gasteiger partial charge on any atom is -0.480 e. The number of benzene rings is 1. The molecule has 5 N–H and O–H groups in total. The van der Waals surface area contributed by atoms with Gasteiger partial charge in [0.05, 0.1) is 25.9 Å². The van der Waals surface area contributed by atoms with E-state index in [1.54, 1.807) is 31.2 Å². The lowest BCUT2D eigenvalue weighted by Gasteiger charge is -2.18. The number of rotatable bonds is 12. The molecule has 0 fully saturated rings. The minimum atomic E-state index is -3.90. The van der Waals surface area contributed by atoms with Crippen LogP contribution >= 0.6 is 7.52 Å². The van der Waals surface area contributed by atoms with E-state index in [-0.39, 0.29) is 54.9 Å². The molecule has 0 radical (unpaired) electrons. The van der Waals surface area contributed by atoms with Crippen molar-refractivity contribution in [2.24, 2.45) is 0 Å². The Hall–Kier alpha value is -3.25. The number of imidazole rings is 1. The molecule has 0 saturated heterocycles. The summed E-state index contributed by atoms with van der Waals surface area (Å²) in [4.78, 5) is 34.5. The Kier molecular flexibility index (Phi) is 8.62. The van der Waals surface area contributed by atoms with Crippen LogP contribution in [0.3, 0.4) is 0 Å². The van der Waals surface area contributed by atoms with Gasteiger partial charge in [0.15, 0.2) is 17.0 Å². The molecule has 2 aromatic heterocycles. The van der Waals surface area contributed by atoms with E-state index in [9.17, 15) is 19.4 Å². The Morgan fingerprint density at radius 1 is 1.26 bits per heavy atom. The molecule has 0 aliphatic heterocycles. The Bertz CT molecular complexity index is 1230. The lowest BCUT2D eigenvalue weighted by molar-refractivity contribution is -0.144. The molecule has 190 valence electrons. The molecule has 14 heteroatoms. The largest absolute Gasteiger partial charge is 0.480 e. The molecule has 1 aromatic carbocycles. The highest BCUT2D eigenvalue weighted by Gasteiger charge is 2.26. The molecule has 13 nitrogen and oxygen atoms in total. The van der Waals surface area contributed by atoms with Gasteiger partial charge in [-0.05, 0) is 25.0 Å². The van der Waals surface area contributed by atoms with E-state index >= 15 is 0 Å². The molecule has 3 aromatic rings. The van der Waals surface area contributed by atoms with E-state index in [4.69, 9.17) is 19.9 Å². The monoisotopic (exact) mass is 508 g/mol. The fourth-order valence-corrected chi connectivity index (χ4v) is 4.83. The number of anilines is 1. The van der Waals surface area contributed by atoms with Gasteiger partial charge in [0.2, 0.25) is 0 Å². The number of esters is 1. The van der Waals surface area contributed by atoms with Crippen LogP contribution in [-0.4, -0.2) is 68.5 Å².